The Bertz CT molecular complexity index is 292. The minimum absolute atomic E-state index is 0.492. The Morgan fingerprint density at radius 2 is 2.42 bits per heavy atom. The lowest BCUT2D eigenvalue weighted by Crippen LogP contribution is -2.38. The number of allylic oxidation sites excluding steroid dienone is 5. The van der Waals surface area contributed by atoms with E-state index in [-0.39, 0.29) is 0 Å². The lowest BCUT2D eigenvalue weighted by Gasteiger charge is -2.29. The Balaban J connectivity index is 1.96. The van der Waals surface area contributed by atoms with Crippen LogP contribution < -0.4 is 5.32 Å². The molecular formula is C11H13N. The van der Waals surface area contributed by atoms with Crippen LogP contribution >= 0.6 is 0 Å². The van der Waals surface area contributed by atoms with Crippen LogP contribution in [-0.4, -0.2) is 6.04 Å². The first-order valence-corrected chi connectivity index (χ1v) is 4.37. The van der Waals surface area contributed by atoms with Gasteiger partial charge in [-0.2, -0.15) is 0 Å². The van der Waals surface area contributed by atoms with E-state index in [1.165, 1.54) is 11.3 Å². The van der Waals surface area contributed by atoms with E-state index in [0.29, 0.717) is 6.04 Å². The second-order valence-electron chi connectivity index (χ2n) is 3.08. The van der Waals surface area contributed by atoms with Crippen molar-refractivity contribution >= 4 is 0 Å². The molecule has 0 aromatic rings. The van der Waals surface area contributed by atoms with Gasteiger partial charge >= 0.3 is 0 Å². The summed E-state index contributed by atoms with van der Waals surface area (Å²) < 4.78 is 0. The van der Waals surface area contributed by atoms with Crippen molar-refractivity contribution < 1.29 is 0 Å². The fraction of sp³-hybridized carbons (Fsp3) is 0.273. The summed E-state index contributed by atoms with van der Waals surface area (Å²) in [6.07, 6.45) is 13.9. The Morgan fingerprint density at radius 3 is 3.17 bits per heavy atom. The molecule has 0 spiro atoms. The molecule has 2 aliphatic rings. The lowest BCUT2D eigenvalue weighted by molar-refractivity contribution is 0.663. The molecule has 0 fully saturated rings. The highest BCUT2D eigenvalue weighted by molar-refractivity contribution is 5.46. The van der Waals surface area contributed by atoms with Crippen molar-refractivity contribution in [3.05, 3.63) is 47.7 Å². The monoisotopic (exact) mass is 159 g/mol. The molecule has 1 nitrogen and oxygen atoms in total. The molecule has 1 unspecified atom stereocenters. The van der Waals surface area contributed by atoms with Crippen LogP contribution in [0.5, 0.6) is 0 Å². The third-order valence-electron chi connectivity index (χ3n) is 2.26. The van der Waals surface area contributed by atoms with Crippen molar-refractivity contribution in [1.29, 1.82) is 0 Å². The van der Waals surface area contributed by atoms with Gasteiger partial charge < -0.3 is 5.32 Å². The molecule has 62 valence electrons. The molecule has 0 aromatic heterocycles. The van der Waals surface area contributed by atoms with Gasteiger partial charge in [-0.15, -0.1) is 0 Å². The summed E-state index contributed by atoms with van der Waals surface area (Å²) >= 11 is 0. The first-order valence-electron chi connectivity index (χ1n) is 4.37. The van der Waals surface area contributed by atoms with Crippen LogP contribution in [0.3, 0.4) is 0 Å². The molecule has 0 amide bonds. The quantitative estimate of drug-likeness (QED) is 0.610. The minimum Gasteiger partial charge on any atom is -0.375 e. The molecular weight excluding hydrogens is 146 g/mol. The van der Waals surface area contributed by atoms with E-state index in [9.17, 15) is 0 Å². The highest BCUT2D eigenvalue weighted by Gasteiger charge is 2.26. The Labute approximate surface area is 73.2 Å². The summed E-state index contributed by atoms with van der Waals surface area (Å²) in [6, 6.07) is 0.492. The molecule has 0 aromatic carbocycles. The van der Waals surface area contributed by atoms with E-state index in [1.807, 2.05) is 13.0 Å². The van der Waals surface area contributed by atoms with Gasteiger partial charge in [0.25, 0.3) is 0 Å². The third-order valence-corrected chi connectivity index (χ3v) is 2.26. The fourth-order valence-corrected chi connectivity index (χ4v) is 1.58. The number of rotatable bonds is 2. The van der Waals surface area contributed by atoms with Gasteiger partial charge in [0.2, 0.25) is 0 Å². The Morgan fingerprint density at radius 1 is 1.50 bits per heavy atom. The molecule has 1 heterocycles. The highest BCUT2D eigenvalue weighted by Crippen LogP contribution is 2.29. The molecule has 1 heteroatoms. The van der Waals surface area contributed by atoms with E-state index in [0.717, 1.165) is 6.42 Å². The summed E-state index contributed by atoms with van der Waals surface area (Å²) in [6.45, 7) is 2.03. The average molecular weight is 159 g/mol. The van der Waals surface area contributed by atoms with Crippen LogP contribution in [0.4, 0.5) is 0 Å². The molecule has 0 saturated heterocycles. The first-order chi connectivity index (χ1) is 5.92. The summed E-state index contributed by atoms with van der Waals surface area (Å²) in [5.74, 6) is 0. The summed E-state index contributed by atoms with van der Waals surface area (Å²) in [7, 11) is 0. The molecule has 0 radical (unpaired) electrons. The number of hydrogen-bond acceptors (Lipinski definition) is 1. The van der Waals surface area contributed by atoms with Gasteiger partial charge in [-0.25, -0.2) is 0 Å². The van der Waals surface area contributed by atoms with Gasteiger partial charge in [0.1, 0.15) is 0 Å². The smallest absolute Gasteiger partial charge is 0.0686 e. The maximum atomic E-state index is 3.37. The van der Waals surface area contributed by atoms with Gasteiger partial charge in [-0.3, -0.25) is 0 Å². The second-order valence-corrected chi connectivity index (χ2v) is 3.08. The van der Waals surface area contributed by atoms with E-state index in [1.54, 1.807) is 0 Å². The van der Waals surface area contributed by atoms with Crippen molar-refractivity contribution in [2.75, 3.05) is 0 Å². The summed E-state index contributed by atoms with van der Waals surface area (Å²) in [5, 5.41) is 3.37. The van der Waals surface area contributed by atoms with E-state index in [2.05, 4.69) is 35.7 Å². The zero-order valence-corrected chi connectivity index (χ0v) is 7.25. The topological polar surface area (TPSA) is 12.0 Å². The van der Waals surface area contributed by atoms with Gasteiger partial charge in [-0.05, 0) is 25.0 Å². The maximum absolute atomic E-state index is 3.37. The van der Waals surface area contributed by atoms with Crippen molar-refractivity contribution in [3.8, 4) is 0 Å². The van der Waals surface area contributed by atoms with Crippen LogP contribution in [0, 0.1) is 0 Å². The van der Waals surface area contributed by atoms with Gasteiger partial charge in [-0.1, -0.05) is 30.4 Å². The molecule has 1 aliphatic heterocycles. The van der Waals surface area contributed by atoms with Crippen molar-refractivity contribution in [1.82, 2.24) is 5.32 Å². The largest absolute Gasteiger partial charge is 0.375 e. The average Bonchev–Trinajstić information content (AvgIpc) is 2.41. The molecule has 1 N–H and O–H groups in total. The van der Waals surface area contributed by atoms with E-state index in [4.69, 9.17) is 0 Å². The molecule has 1 atom stereocenters. The molecule has 12 heavy (non-hydrogen) atoms. The normalized spacial score (nSPS) is 26.6. The first kappa shape index (κ1) is 7.41. The van der Waals surface area contributed by atoms with Crippen LogP contribution in [0.25, 0.3) is 0 Å². The van der Waals surface area contributed by atoms with Gasteiger partial charge in [0.15, 0.2) is 0 Å². The highest BCUT2D eigenvalue weighted by atomic mass is 15.0. The van der Waals surface area contributed by atoms with E-state index >= 15 is 0 Å². The SMILES string of the molecule is C/C=C\C=C/C1NC2=C1CC=C2. The van der Waals surface area contributed by atoms with Gasteiger partial charge in [0, 0.05) is 5.70 Å². The molecule has 1 aliphatic carbocycles. The number of nitrogens with one attached hydrogen (secondary N) is 1. The lowest BCUT2D eigenvalue weighted by atomic mass is 9.97. The zero-order chi connectivity index (χ0) is 8.39. The third kappa shape index (κ3) is 1.11. The molecule has 2 rings (SSSR count). The van der Waals surface area contributed by atoms with Crippen molar-refractivity contribution in [2.45, 2.75) is 19.4 Å². The number of hydrogen-bond donors (Lipinski definition) is 1. The summed E-state index contributed by atoms with van der Waals surface area (Å²) in [4.78, 5) is 0. The van der Waals surface area contributed by atoms with Crippen molar-refractivity contribution in [3.63, 3.8) is 0 Å². The van der Waals surface area contributed by atoms with Gasteiger partial charge in [0.05, 0.1) is 6.04 Å². The van der Waals surface area contributed by atoms with Crippen LogP contribution in [0.2, 0.25) is 0 Å². The maximum Gasteiger partial charge on any atom is 0.0686 e. The predicted molar refractivity (Wildman–Crippen MR) is 51.7 cm³/mol. The Hall–Kier alpha value is -1.24. The van der Waals surface area contributed by atoms with Crippen LogP contribution in [0.15, 0.2) is 47.7 Å². The zero-order valence-electron chi connectivity index (χ0n) is 7.25. The van der Waals surface area contributed by atoms with Crippen LogP contribution in [-0.2, 0) is 0 Å². The standard InChI is InChI=1S/C11H13N/c1-2-3-4-7-10-9-6-5-8-11(9)12-10/h2-5,7-8,10,12H,6H2,1H3/b3-2-,7-4-. The minimum atomic E-state index is 0.492. The summed E-state index contributed by atoms with van der Waals surface area (Å²) in [5.41, 5.74) is 2.88. The molecule has 0 bridgehead atoms. The van der Waals surface area contributed by atoms with Crippen molar-refractivity contribution in [2.24, 2.45) is 0 Å². The van der Waals surface area contributed by atoms with E-state index < -0.39 is 0 Å². The Kier molecular flexibility index (Phi) is 1.86. The fourth-order valence-electron chi connectivity index (χ4n) is 1.58. The predicted octanol–water partition coefficient (Wildman–Crippen LogP) is 2.30. The van der Waals surface area contributed by atoms with Crippen LogP contribution in [0.1, 0.15) is 13.3 Å². The second kappa shape index (κ2) is 3.02. The molecule has 0 saturated carbocycles.